The first kappa shape index (κ1) is 27.6. The molecule has 0 bridgehead atoms. The number of allylic oxidation sites excluding steroid dienone is 1. The normalized spacial score (nSPS) is 15.4. The molecule has 0 saturated carbocycles. The van der Waals surface area contributed by atoms with Crippen LogP contribution in [0, 0.1) is 5.82 Å². The maximum atomic E-state index is 13.7. The minimum absolute atomic E-state index is 0.0597. The first-order valence-corrected chi connectivity index (χ1v) is 12.0. The Morgan fingerprint density at radius 1 is 1.15 bits per heavy atom. The Morgan fingerprint density at radius 2 is 1.93 bits per heavy atom. The lowest BCUT2D eigenvalue weighted by molar-refractivity contribution is -0.137. The number of aromatic carboxylic acids is 1. The number of carbonyl (C=O) groups is 2. The monoisotopic (exact) mass is 588 g/mol. The number of oxazole rings is 1. The third-order valence-corrected chi connectivity index (χ3v) is 6.36. The molecule has 1 atom stereocenters. The highest BCUT2D eigenvalue weighted by Gasteiger charge is 2.37. The van der Waals surface area contributed by atoms with Crippen molar-refractivity contribution in [3.05, 3.63) is 93.5 Å². The van der Waals surface area contributed by atoms with Crippen LogP contribution in [0.2, 0.25) is 5.02 Å². The number of carbonyl (C=O) groups excluding carboxylic acids is 1. The zero-order valence-corrected chi connectivity index (χ0v) is 21.4. The van der Waals surface area contributed by atoms with E-state index in [1.807, 2.05) is 0 Å². The van der Waals surface area contributed by atoms with E-state index in [2.05, 4.69) is 30.9 Å². The maximum absolute atomic E-state index is 13.7. The topological polar surface area (TPSA) is 142 Å². The van der Waals surface area contributed by atoms with Crippen molar-refractivity contribution in [2.24, 2.45) is 4.99 Å². The van der Waals surface area contributed by atoms with Crippen molar-refractivity contribution in [2.75, 3.05) is 10.6 Å². The summed E-state index contributed by atoms with van der Waals surface area (Å²) in [5.74, 6) is -2.81. The molecule has 5 rings (SSSR count). The fourth-order valence-corrected chi connectivity index (χ4v) is 4.44. The SMILES string of the molecule is CC1=C(C(=O)Nc2cc(C(=O)O)ccn2)C(c2cccc(C(F)(F)F)c2Cl)N=C(Nc2nc3ccc(F)cc3o2)N1. The van der Waals surface area contributed by atoms with Gasteiger partial charge in [-0.1, -0.05) is 23.7 Å². The van der Waals surface area contributed by atoms with E-state index in [9.17, 15) is 32.3 Å². The molecule has 2 aromatic carbocycles. The average molecular weight is 589 g/mol. The molecule has 0 radical (unpaired) electrons. The van der Waals surface area contributed by atoms with Crippen LogP contribution in [-0.4, -0.2) is 32.9 Å². The van der Waals surface area contributed by atoms with Gasteiger partial charge in [-0.05, 0) is 37.3 Å². The largest absolute Gasteiger partial charge is 0.478 e. The number of pyridine rings is 1. The maximum Gasteiger partial charge on any atom is 0.417 e. The van der Waals surface area contributed by atoms with Gasteiger partial charge in [-0.15, -0.1) is 0 Å². The molecule has 1 amide bonds. The Balaban J connectivity index is 1.55. The minimum atomic E-state index is -4.79. The molecular weight excluding hydrogens is 572 g/mol. The second-order valence-corrected chi connectivity index (χ2v) is 9.07. The minimum Gasteiger partial charge on any atom is -0.478 e. The quantitative estimate of drug-likeness (QED) is 0.216. The van der Waals surface area contributed by atoms with E-state index < -0.39 is 40.5 Å². The van der Waals surface area contributed by atoms with Gasteiger partial charge in [0.15, 0.2) is 5.58 Å². The van der Waals surface area contributed by atoms with Crippen molar-refractivity contribution in [1.82, 2.24) is 15.3 Å². The molecule has 1 aliphatic rings. The molecule has 3 heterocycles. The van der Waals surface area contributed by atoms with Gasteiger partial charge >= 0.3 is 18.2 Å². The van der Waals surface area contributed by atoms with Gasteiger partial charge < -0.3 is 20.2 Å². The number of carboxylic acids is 1. The fourth-order valence-electron chi connectivity index (χ4n) is 4.11. The molecule has 4 aromatic rings. The number of guanidine groups is 1. The summed E-state index contributed by atoms with van der Waals surface area (Å²) in [5, 5.41) is 16.6. The number of carboxylic acid groups (broad SMARTS) is 1. The average Bonchev–Trinajstić information content (AvgIpc) is 3.29. The van der Waals surface area contributed by atoms with Crippen LogP contribution < -0.4 is 16.0 Å². The van der Waals surface area contributed by atoms with Crippen LogP contribution in [-0.2, 0) is 11.0 Å². The van der Waals surface area contributed by atoms with Gasteiger partial charge in [0.1, 0.15) is 23.2 Å². The Bertz CT molecular complexity index is 1770. The highest BCUT2D eigenvalue weighted by molar-refractivity contribution is 6.32. The first-order valence-electron chi connectivity index (χ1n) is 11.7. The van der Waals surface area contributed by atoms with Crippen molar-refractivity contribution < 1.29 is 36.7 Å². The number of amides is 1. The van der Waals surface area contributed by atoms with Crippen molar-refractivity contribution >= 4 is 52.4 Å². The number of hydrogen-bond acceptors (Lipinski definition) is 8. The Hall–Kier alpha value is -4.98. The summed E-state index contributed by atoms with van der Waals surface area (Å²) in [5.41, 5.74) is -0.930. The van der Waals surface area contributed by atoms with Crippen LogP contribution in [0.1, 0.15) is 34.5 Å². The summed E-state index contributed by atoms with van der Waals surface area (Å²) in [6, 6.07) is 7.77. The van der Waals surface area contributed by atoms with E-state index in [1.165, 1.54) is 37.4 Å². The van der Waals surface area contributed by atoms with E-state index in [0.29, 0.717) is 5.52 Å². The van der Waals surface area contributed by atoms with Crippen LogP contribution in [0.5, 0.6) is 0 Å². The highest BCUT2D eigenvalue weighted by Crippen LogP contribution is 2.42. The number of nitrogens with one attached hydrogen (secondary N) is 3. The number of rotatable bonds is 5. The predicted octanol–water partition coefficient (Wildman–Crippen LogP) is 5.76. The Kier molecular flexibility index (Phi) is 7.09. The fraction of sp³-hybridized carbons (Fsp3) is 0.115. The molecule has 15 heteroatoms. The number of anilines is 2. The van der Waals surface area contributed by atoms with Gasteiger partial charge in [0, 0.05) is 23.5 Å². The van der Waals surface area contributed by atoms with Crippen molar-refractivity contribution in [1.29, 1.82) is 0 Å². The molecule has 1 aliphatic heterocycles. The molecule has 41 heavy (non-hydrogen) atoms. The second-order valence-electron chi connectivity index (χ2n) is 8.70. The summed E-state index contributed by atoms with van der Waals surface area (Å²) < 4.78 is 60.1. The second kappa shape index (κ2) is 10.5. The smallest absolute Gasteiger partial charge is 0.417 e. The van der Waals surface area contributed by atoms with E-state index in [4.69, 9.17) is 16.0 Å². The molecule has 0 aliphatic carbocycles. The third-order valence-electron chi connectivity index (χ3n) is 5.94. The van der Waals surface area contributed by atoms with Gasteiger partial charge in [-0.3, -0.25) is 10.1 Å². The summed E-state index contributed by atoms with van der Waals surface area (Å²) in [6.45, 7) is 1.47. The molecule has 10 nitrogen and oxygen atoms in total. The van der Waals surface area contributed by atoms with Gasteiger partial charge in [0.05, 0.1) is 21.7 Å². The predicted molar refractivity (Wildman–Crippen MR) is 140 cm³/mol. The summed E-state index contributed by atoms with van der Waals surface area (Å²) in [7, 11) is 0. The van der Waals surface area contributed by atoms with E-state index >= 15 is 0 Å². The zero-order chi connectivity index (χ0) is 29.5. The molecule has 4 N–H and O–H groups in total. The van der Waals surface area contributed by atoms with Gasteiger partial charge in [0.2, 0.25) is 5.96 Å². The van der Waals surface area contributed by atoms with E-state index in [-0.39, 0.29) is 45.8 Å². The standard InChI is InChI=1S/C26H17ClF4N6O4/c1-11-19(22(38)35-18-9-12(23(39)40)7-8-32-18)21(14-3-2-4-15(20(14)27)26(29,30)31)36-24(33-11)37-25-34-16-6-5-13(28)10-17(16)41-25/h2-10,21H,1H3,(H,39,40)(H,32,35,38)(H2,33,34,36,37). The van der Waals surface area contributed by atoms with Crippen LogP contribution in [0.25, 0.3) is 11.1 Å². The highest BCUT2D eigenvalue weighted by atomic mass is 35.5. The van der Waals surface area contributed by atoms with Crippen LogP contribution in [0.15, 0.2) is 75.4 Å². The van der Waals surface area contributed by atoms with Crippen LogP contribution >= 0.6 is 11.6 Å². The number of aliphatic imine (C=N–C) groups is 1. The lowest BCUT2D eigenvalue weighted by Gasteiger charge is -2.27. The van der Waals surface area contributed by atoms with Gasteiger partial charge in [-0.2, -0.15) is 18.2 Å². The number of aromatic nitrogens is 2. The molecule has 0 spiro atoms. The van der Waals surface area contributed by atoms with Crippen molar-refractivity contribution in [2.45, 2.75) is 19.1 Å². The van der Waals surface area contributed by atoms with Crippen molar-refractivity contribution in [3.8, 4) is 0 Å². The van der Waals surface area contributed by atoms with Gasteiger partial charge in [0.25, 0.3) is 5.91 Å². The molecular formula is C26H17ClF4N6O4. The zero-order valence-electron chi connectivity index (χ0n) is 20.7. The van der Waals surface area contributed by atoms with Gasteiger partial charge in [-0.25, -0.2) is 19.2 Å². The molecule has 1 unspecified atom stereocenters. The summed E-state index contributed by atoms with van der Waals surface area (Å²) in [6.07, 6.45) is -3.62. The van der Waals surface area contributed by atoms with Crippen LogP contribution in [0.4, 0.5) is 29.4 Å². The Morgan fingerprint density at radius 3 is 2.66 bits per heavy atom. The summed E-state index contributed by atoms with van der Waals surface area (Å²) >= 11 is 6.21. The summed E-state index contributed by atoms with van der Waals surface area (Å²) in [4.78, 5) is 37.3. The number of benzene rings is 2. The lowest BCUT2D eigenvalue weighted by Crippen LogP contribution is -2.37. The molecule has 0 saturated heterocycles. The number of alkyl halides is 3. The lowest BCUT2D eigenvalue weighted by atomic mass is 9.94. The van der Waals surface area contributed by atoms with Crippen molar-refractivity contribution in [3.63, 3.8) is 0 Å². The number of hydrogen-bond donors (Lipinski definition) is 4. The molecule has 0 fully saturated rings. The number of halogens is 5. The molecule has 2 aromatic heterocycles. The van der Waals surface area contributed by atoms with Crippen LogP contribution in [0.3, 0.4) is 0 Å². The first-order chi connectivity index (χ1) is 19.4. The molecule has 210 valence electrons. The Labute approximate surface area is 232 Å². The third kappa shape index (κ3) is 5.68. The number of nitrogens with zero attached hydrogens (tertiary/aromatic N) is 3. The van der Waals surface area contributed by atoms with E-state index in [1.54, 1.807) is 0 Å². The number of fused-ring (bicyclic) bond motifs is 1. The van der Waals surface area contributed by atoms with E-state index in [0.717, 1.165) is 24.3 Å².